The molecule has 2 saturated carbocycles. The topological polar surface area (TPSA) is 65.2 Å². The minimum atomic E-state index is -0.409. The molecule has 2 aliphatic carbocycles. The van der Waals surface area contributed by atoms with E-state index in [0.29, 0.717) is 0 Å². The van der Waals surface area contributed by atoms with Gasteiger partial charge in [0.05, 0.1) is 10.6 Å². The van der Waals surface area contributed by atoms with Crippen LogP contribution in [0.4, 0.5) is 0 Å². The van der Waals surface area contributed by atoms with Crippen LogP contribution in [0.3, 0.4) is 0 Å². The number of rotatable bonds is 6. The average Bonchev–Trinajstić information content (AvgIpc) is 3.76. The largest absolute Gasteiger partial charge is 2.00 e. The Morgan fingerprint density at radius 2 is 0.595 bits per heavy atom. The van der Waals surface area contributed by atoms with Gasteiger partial charge in [0, 0.05) is 27.8 Å². The number of hydrogen-bond acceptors (Lipinski definition) is 2. The van der Waals surface area contributed by atoms with Gasteiger partial charge in [0.2, 0.25) is 0 Å². The molecule has 2 fully saturated rings. The maximum absolute atomic E-state index is 7.08. The second-order valence-corrected chi connectivity index (χ2v) is 12.9. The first-order chi connectivity index (χ1) is 19.8. The van der Waals surface area contributed by atoms with Crippen molar-refractivity contribution in [3.05, 3.63) is 184 Å². The molecule has 214 valence electrons. The molecule has 0 heterocycles. The van der Waals surface area contributed by atoms with Gasteiger partial charge >= 0.3 is 17.1 Å². The van der Waals surface area contributed by atoms with Gasteiger partial charge in [-0.1, -0.05) is 121 Å². The molecule has 42 heavy (non-hydrogen) atoms. The molecule has 0 saturated heterocycles. The second kappa shape index (κ2) is 20.8. The molecule has 0 unspecified atom stereocenters. The van der Waals surface area contributed by atoms with Crippen molar-refractivity contribution in [1.82, 2.24) is 0 Å². The Hall–Kier alpha value is -2.05. The van der Waals surface area contributed by atoms with Crippen LogP contribution in [0.1, 0.15) is 0 Å². The zero-order valence-electron chi connectivity index (χ0n) is 22.5. The van der Waals surface area contributed by atoms with Gasteiger partial charge in [-0.3, -0.25) is 0 Å². The van der Waals surface area contributed by atoms with Crippen LogP contribution in [-0.2, 0) is 33.6 Å². The average molecular weight is 675 g/mol. The Morgan fingerprint density at radius 1 is 0.381 bits per heavy atom. The molecule has 4 aromatic rings. The van der Waals surface area contributed by atoms with Gasteiger partial charge in [-0.2, -0.15) is 0 Å². The zero-order chi connectivity index (χ0) is 27.8. The van der Waals surface area contributed by atoms with Crippen LogP contribution in [0.5, 0.6) is 0 Å². The van der Waals surface area contributed by atoms with Crippen molar-refractivity contribution in [1.29, 1.82) is 0 Å². The molecule has 0 bridgehead atoms. The van der Waals surface area contributed by atoms with E-state index in [1.807, 2.05) is 10.6 Å². The van der Waals surface area contributed by atoms with E-state index in [2.05, 4.69) is 173 Å². The molecule has 2 N–H and O–H groups in total. The molecular weight excluding hydrogens is 645 g/mol. The van der Waals surface area contributed by atoms with Crippen LogP contribution < -0.4 is 21.2 Å². The van der Waals surface area contributed by atoms with Crippen molar-refractivity contribution < 1.29 is 44.0 Å². The van der Waals surface area contributed by atoms with E-state index in [0.717, 1.165) is 0 Å². The molecule has 0 atom stereocenters. The third-order valence-corrected chi connectivity index (χ3v) is 10.8. The number of nitrogens with zero attached hydrogens (tertiary/aromatic N) is 2. The van der Waals surface area contributed by atoms with Crippen LogP contribution in [-0.4, -0.2) is 10.4 Å². The normalized spacial score (nSPS) is 14.8. The number of hydrogen-bond donors (Lipinski definition) is 2. The fraction of sp³-hybridized carbons (Fsp3) is 0. The summed E-state index contributed by atoms with van der Waals surface area (Å²) >= 11 is 0. The Kier molecular flexibility index (Phi) is 17.9. The fourth-order valence-electron chi connectivity index (χ4n) is 4.23. The van der Waals surface area contributed by atoms with Gasteiger partial charge in [0.25, 0.3) is 0 Å². The SMILES string of the molecule is O/N=N\O.[CH]1[CH][CH][C](P(c2ccccc2)c2ccccc2)[CH]1.[CH]1[CH][CH][C](P(c2ccccc2)c2ccccc2)[CH]1.[Fe+2].[Ni]. The van der Waals surface area contributed by atoms with E-state index >= 15 is 0 Å². The summed E-state index contributed by atoms with van der Waals surface area (Å²) in [4.78, 5) is 0. The summed E-state index contributed by atoms with van der Waals surface area (Å²) in [6, 6.07) is 43.1. The third kappa shape index (κ3) is 10.9. The van der Waals surface area contributed by atoms with Crippen molar-refractivity contribution in [3.8, 4) is 0 Å². The molecule has 6 rings (SSSR count). The minimum Gasteiger partial charge on any atom is -0.392 e. The Bertz CT molecular complexity index is 1070. The van der Waals surface area contributed by atoms with Gasteiger partial charge < -0.3 is 10.4 Å². The maximum Gasteiger partial charge on any atom is 2.00 e. The van der Waals surface area contributed by atoms with Gasteiger partial charge in [-0.05, 0) is 88.4 Å². The summed E-state index contributed by atoms with van der Waals surface area (Å²) < 4.78 is 0. The second-order valence-electron chi connectivity index (χ2n) is 8.48. The van der Waals surface area contributed by atoms with Crippen LogP contribution in [0.25, 0.3) is 0 Å². The van der Waals surface area contributed by atoms with E-state index in [1.165, 1.54) is 32.5 Å². The molecule has 0 aliphatic heterocycles. The standard InChI is InChI=1S/2C17H14P.Fe.H2N2O2.Ni/c2*1-3-9-15(10-4-1)18(17-13-7-8-14-17)16-11-5-2-6-12-16;;3-1-2-4;/h2*1-14H;;(H,1,4)(H,2,3);/q;;+2;;. The smallest absolute Gasteiger partial charge is 0.392 e. The molecule has 10 radical (unpaired) electrons. The summed E-state index contributed by atoms with van der Waals surface area (Å²) in [5.41, 5.74) is 2.84. The number of benzene rings is 4. The summed E-state index contributed by atoms with van der Waals surface area (Å²) in [6.07, 6.45) is 17.4. The molecule has 0 aromatic heterocycles. The molecule has 4 nitrogen and oxygen atoms in total. The quantitative estimate of drug-likeness (QED) is 0.0986. The molecule has 0 spiro atoms. The minimum absolute atomic E-state index is 0. The van der Waals surface area contributed by atoms with Crippen molar-refractivity contribution >= 4 is 37.1 Å². The third-order valence-electron chi connectivity index (χ3n) is 5.90. The van der Waals surface area contributed by atoms with E-state index in [4.69, 9.17) is 10.4 Å². The predicted octanol–water partition coefficient (Wildman–Crippen LogP) is 7.18. The van der Waals surface area contributed by atoms with Gasteiger partial charge in [-0.25, -0.2) is 0 Å². The van der Waals surface area contributed by atoms with Crippen LogP contribution in [0.2, 0.25) is 0 Å². The predicted molar refractivity (Wildman–Crippen MR) is 167 cm³/mol. The Balaban J connectivity index is 0.000000250. The monoisotopic (exact) mass is 674 g/mol. The van der Waals surface area contributed by atoms with Crippen molar-refractivity contribution in [2.24, 2.45) is 10.6 Å². The molecule has 2 aliphatic rings. The van der Waals surface area contributed by atoms with E-state index in [-0.39, 0.29) is 33.6 Å². The molecule has 0 amide bonds. The molecular formula is C34H30FeN2NiO2P2+2. The molecule has 8 heteroatoms. The van der Waals surface area contributed by atoms with E-state index in [1.54, 1.807) is 0 Å². The first kappa shape index (κ1) is 36.1. The Morgan fingerprint density at radius 3 is 0.786 bits per heavy atom. The van der Waals surface area contributed by atoms with Gasteiger partial charge in [0.15, 0.2) is 0 Å². The fourth-order valence-corrected chi connectivity index (χ4v) is 8.84. The van der Waals surface area contributed by atoms with Crippen LogP contribution in [0, 0.1) is 62.7 Å². The first-order valence-corrected chi connectivity index (χ1v) is 15.4. The Labute approximate surface area is 274 Å². The zero-order valence-corrected chi connectivity index (χ0v) is 26.4. The summed E-state index contributed by atoms with van der Waals surface area (Å²) in [6.45, 7) is 0. The maximum atomic E-state index is 7.08. The van der Waals surface area contributed by atoms with E-state index in [9.17, 15) is 0 Å². The van der Waals surface area contributed by atoms with Crippen molar-refractivity contribution in [2.75, 3.05) is 0 Å². The molecule has 4 aromatic carbocycles. The van der Waals surface area contributed by atoms with Crippen molar-refractivity contribution in [3.63, 3.8) is 0 Å². The summed E-state index contributed by atoms with van der Waals surface area (Å²) in [5.74, 6) is 0. The van der Waals surface area contributed by atoms with Crippen molar-refractivity contribution in [2.45, 2.75) is 0 Å². The van der Waals surface area contributed by atoms with Crippen LogP contribution in [0.15, 0.2) is 132 Å². The van der Waals surface area contributed by atoms with Gasteiger partial charge in [0.1, 0.15) is 0 Å². The summed E-state index contributed by atoms with van der Waals surface area (Å²) in [7, 11) is -0.818. The first-order valence-electron chi connectivity index (χ1n) is 12.7. The van der Waals surface area contributed by atoms with E-state index < -0.39 is 15.8 Å². The van der Waals surface area contributed by atoms with Gasteiger partial charge in [-0.15, -0.1) is 0 Å². The summed E-state index contributed by atoms with van der Waals surface area (Å²) in [5, 5.41) is 23.6. The van der Waals surface area contributed by atoms with Crippen LogP contribution >= 0.6 is 15.8 Å².